The van der Waals surface area contributed by atoms with Gasteiger partial charge in [-0.3, -0.25) is 4.79 Å². The number of nitrogens with zero attached hydrogens (tertiary/aromatic N) is 1. The molecule has 1 unspecified atom stereocenters. The van der Waals surface area contributed by atoms with Crippen LogP contribution in [0.1, 0.15) is 12.5 Å². The first-order chi connectivity index (χ1) is 12.1. The lowest BCUT2D eigenvalue weighted by Gasteiger charge is -2.23. The molecule has 152 valence electrons. The number of hydrogen-bond acceptors (Lipinski definition) is 4. The molecule has 0 bridgehead atoms. The number of amides is 1. The molecule has 2 N–H and O–H groups in total. The third-order valence-electron chi connectivity index (χ3n) is 4.89. The Morgan fingerprint density at radius 1 is 1.22 bits per heavy atom. The van der Waals surface area contributed by atoms with Crippen LogP contribution in [0.3, 0.4) is 0 Å². The van der Waals surface area contributed by atoms with Crippen molar-refractivity contribution in [1.82, 2.24) is 14.9 Å². The predicted molar refractivity (Wildman–Crippen MR) is 94.9 cm³/mol. The van der Waals surface area contributed by atoms with E-state index in [0.29, 0.717) is 31.0 Å². The van der Waals surface area contributed by atoms with Crippen molar-refractivity contribution in [3.8, 4) is 0 Å². The van der Waals surface area contributed by atoms with Crippen LogP contribution in [0.2, 0.25) is 0 Å². The Balaban J connectivity index is 0.00000261. The van der Waals surface area contributed by atoms with Gasteiger partial charge in [0.1, 0.15) is 0 Å². The van der Waals surface area contributed by atoms with Crippen molar-refractivity contribution in [2.75, 3.05) is 26.2 Å². The third-order valence-corrected chi connectivity index (χ3v) is 6.48. The molecule has 1 aromatic carbocycles. The summed E-state index contributed by atoms with van der Waals surface area (Å²) in [5.74, 6) is 0.259. The summed E-state index contributed by atoms with van der Waals surface area (Å²) in [4.78, 5) is 13.2. The van der Waals surface area contributed by atoms with Crippen molar-refractivity contribution >= 4 is 28.3 Å². The van der Waals surface area contributed by atoms with Gasteiger partial charge >= 0.3 is 6.18 Å². The normalized spacial score (nSPS) is 23.6. The molecule has 3 atom stereocenters. The van der Waals surface area contributed by atoms with E-state index < -0.39 is 38.6 Å². The Morgan fingerprint density at radius 2 is 1.78 bits per heavy atom. The number of nitrogens with one attached hydrogen (secondary N) is 2. The van der Waals surface area contributed by atoms with E-state index in [2.05, 4.69) is 10.0 Å². The molecule has 1 amide bonds. The minimum absolute atomic E-state index is 0. The van der Waals surface area contributed by atoms with Crippen molar-refractivity contribution in [2.45, 2.75) is 24.0 Å². The van der Waals surface area contributed by atoms with E-state index in [1.807, 2.05) is 0 Å². The summed E-state index contributed by atoms with van der Waals surface area (Å²) in [6.07, 6.45) is -4.81. The third kappa shape index (κ3) is 4.56. The summed E-state index contributed by atoms with van der Waals surface area (Å²) in [5, 5.41) is 3.24. The molecule has 0 aromatic heterocycles. The van der Waals surface area contributed by atoms with Gasteiger partial charge in [-0.2, -0.15) is 17.9 Å². The fourth-order valence-corrected chi connectivity index (χ4v) is 5.02. The number of alkyl halides is 3. The highest BCUT2D eigenvalue weighted by Crippen LogP contribution is 2.34. The first-order valence-electron chi connectivity index (χ1n) is 8.27. The molecule has 0 radical (unpaired) electrons. The van der Waals surface area contributed by atoms with Crippen molar-refractivity contribution in [3.63, 3.8) is 0 Å². The number of carbonyl (C=O) groups excluding carboxylic acids is 1. The van der Waals surface area contributed by atoms with Gasteiger partial charge in [0.15, 0.2) is 0 Å². The number of sulfonamides is 1. The molecular weight excluding hydrogens is 407 g/mol. The maximum atomic E-state index is 13.1. The number of likely N-dealkylation sites (tertiary alicyclic amines) is 1. The highest BCUT2D eigenvalue weighted by atomic mass is 35.5. The van der Waals surface area contributed by atoms with Crippen LogP contribution in [0.15, 0.2) is 29.2 Å². The van der Waals surface area contributed by atoms with Gasteiger partial charge in [-0.1, -0.05) is 12.1 Å². The summed E-state index contributed by atoms with van der Waals surface area (Å²) in [5.41, 5.74) is -1.26. The molecule has 0 spiro atoms. The SMILES string of the molecule is CC(NS(=O)(=O)c1ccccc1C(F)(F)F)C(=O)N1C[C@H]2CNC[C@H]2C1.Cl. The topological polar surface area (TPSA) is 78.5 Å². The van der Waals surface area contributed by atoms with Gasteiger partial charge in [0.25, 0.3) is 0 Å². The van der Waals surface area contributed by atoms with Crippen LogP contribution in [-0.4, -0.2) is 51.4 Å². The van der Waals surface area contributed by atoms with Gasteiger partial charge in [-0.25, -0.2) is 8.42 Å². The fraction of sp³-hybridized carbons (Fsp3) is 0.562. The molecule has 27 heavy (non-hydrogen) atoms. The summed E-state index contributed by atoms with van der Waals surface area (Å²) in [6, 6.07) is 2.77. The van der Waals surface area contributed by atoms with Crippen molar-refractivity contribution in [1.29, 1.82) is 0 Å². The van der Waals surface area contributed by atoms with Crippen molar-refractivity contribution in [2.24, 2.45) is 11.8 Å². The Morgan fingerprint density at radius 3 is 2.33 bits per heavy atom. The first-order valence-corrected chi connectivity index (χ1v) is 9.76. The molecule has 11 heteroatoms. The zero-order valence-electron chi connectivity index (χ0n) is 14.5. The molecule has 2 aliphatic rings. The fourth-order valence-electron chi connectivity index (χ4n) is 3.59. The average Bonchev–Trinajstić information content (AvgIpc) is 3.14. The van der Waals surface area contributed by atoms with Crippen LogP contribution < -0.4 is 10.0 Å². The highest BCUT2D eigenvalue weighted by molar-refractivity contribution is 7.89. The second-order valence-corrected chi connectivity index (χ2v) is 8.44. The van der Waals surface area contributed by atoms with Gasteiger partial charge in [-0.05, 0) is 30.9 Å². The average molecular weight is 428 g/mol. The summed E-state index contributed by atoms with van der Waals surface area (Å²) in [7, 11) is -4.50. The van der Waals surface area contributed by atoms with E-state index >= 15 is 0 Å². The highest BCUT2D eigenvalue weighted by Gasteiger charge is 2.41. The minimum Gasteiger partial charge on any atom is -0.341 e. The summed E-state index contributed by atoms with van der Waals surface area (Å²) >= 11 is 0. The standard InChI is InChI=1S/C16H20F3N3O3S.ClH/c1-10(15(23)22-8-11-6-20-7-12(11)9-22)21-26(24,25)14-5-3-2-4-13(14)16(17,18)19;/h2-5,10-12,20-21H,6-9H2,1H3;1H/t10?,11-,12+;. The molecule has 2 heterocycles. The second-order valence-electron chi connectivity index (χ2n) is 6.76. The lowest BCUT2D eigenvalue weighted by Crippen LogP contribution is -2.47. The van der Waals surface area contributed by atoms with E-state index in [0.717, 1.165) is 25.2 Å². The predicted octanol–water partition coefficient (Wildman–Crippen LogP) is 1.47. The smallest absolute Gasteiger partial charge is 0.341 e. The van der Waals surface area contributed by atoms with Crippen LogP contribution in [-0.2, 0) is 21.0 Å². The van der Waals surface area contributed by atoms with Crippen LogP contribution in [0.25, 0.3) is 0 Å². The van der Waals surface area contributed by atoms with E-state index in [1.54, 1.807) is 4.90 Å². The quantitative estimate of drug-likeness (QED) is 0.762. The number of benzene rings is 1. The Hall–Kier alpha value is -1.36. The molecule has 2 saturated heterocycles. The zero-order valence-corrected chi connectivity index (χ0v) is 16.1. The molecule has 0 aliphatic carbocycles. The molecule has 1 aromatic rings. The maximum Gasteiger partial charge on any atom is 0.417 e. The van der Waals surface area contributed by atoms with Gasteiger partial charge in [0.2, 0.25) is 15.9 Å². The lowest BCUT2D eigenvalue weighted by atomic mass is 10.0. The van der Waals surface area contributed by atoms with Gasteiger partial charge in [-0.15, -0.1) is 12.4 Å². The minimum atomic E-state index is -4.81. The monoisotopic (exact) mass is 427 g/mol. The lowest BCUT2D eigenvalue weighted by molar-refractivity contribution is -0.139. The van der Waals surface area contributed by atoms with Crippen LogP contribution in [0.5, 0.6) is 0 Å². The summed E-state index contributed by atoms with van der Waals surface area (Å²) in [6.45, 7) is 4.03. The van der Waals surface area contributed by atoms with Crippen LogP contribution >= 0.6 is 12.4 Å². The number of hydrogen-bond donors (Lipinski definition) is 2. The number of halogens is 4. The van der Waals surface area contributed by atoms with Gasteiger partial charge in [0.05, 0.1) is 16.5 Å². The molecule has 2 fully saturated rings. The van der Waals surface area contributed by atoms with E-state index in [1.165, 1.54) is 13.0 Å². The first kappa shape index (κ1) is 21.9. The number of carbonyl (C=O) groups is 1. The number of fused-ring (bicyclic) bond motifs is 1. The molecule has 2 aliphatic heterocycles. The van der Waals surface area contributed by atoms with E-state index in [-0.39, 0.29) is 12.4 Å². The van der Waals surface area contributed by atoms with Crippen LogP contribution in [0, 0.1) is 11.8 Å². The van der Waals surface area contributed by atoms with E-state index in [4.69, 9.17) is 0 Å². The molecule has 6 nitrogen and oxygen atoms in total. The summed E-state index contributed by atoms with van der Waals surface area (Å²) < 4.78 is 66.2. The second kappa shape index (κ2) is 7.94. The largest absolute Gasteiger partial charge is 0.417 e. The Kier molecular flexibility index (Phi) is 6.45. The van der Waals surface area contributed by atoms with Crippen molar-refractivity contribution < 1.29 is 26.4 Å². The van der Waals surface area contributed by atoms with E-state index in [9.17, 15) is 26.4 Å². The molecular formula is C16H21ClF3N3O3S. The van der Waals surface area contributed by atoms with Crippen LogP contribution in [0.4, 0.5) is 13.2 Å². The van der Waals surface area contributed by atoms with Crippen molar-refractivity contribution in [3.05, 3.63) is 29.8 Å². The van der Waals surface area contributed by atoms with Gasteiger partial charge < -0.3 is 10.2 Å². The Labute approximate surface area is 162 Å². The Bertz CT molecular complexity index is 792. The molecule has 0 saturated carbocycles. The molecule has 3 rings (SSSR count). The van der Waals surface area contributed by atoms with Gasteiger partial charge in [0, 0.05) is 26.2 Å². The zero-order chi connectivity index (χ0) is 19.1. The maximum absolute atomic E-state index is 13.1. The number of rotatable bonds is 4.